The van der Waals surface area contributed by atoms with Crippen molar-refractivity contribution < 1.29 is 9.32 Å². The zero-order valence-electron chi connectivity index (χ0n) is 12.0. The van der Waals surface area contributed by atoms with Crippen LogP contribution in [0.5, 0.6) is 0 Å². The second-order valence-corrected chi connectivity index (χ2v) is 4.61. The summed E-state index contributed by atoms with van der Waals surface area (Å²) in [6.45, 7) is 5.81. The second kappa shape index (κ2) is 5.73. The van der Waals surface area contributed by atoms with Crippen LogP contribution >= 0.6 is 0 Å². The average molecular weight is 274 g/mol. The summed E-state index contributed by atoms with van der Waals surface area (Å²) in [6, 6.07) is 3.57. The van der Waals surface area contributed by atoms with Crippen LogP contribution in [-0.4, -0.2) is 23.1 Å². The van der Waals surface area contributed by atoms with Crippen molar-refractivity contribution in [1.82, 2.24) is 15.5 Å². The van der Waals surface area contributed by atoms with E-state index in [1.165, 1.54) is 0 Å². The molecule has 0 fully saturated rings. The molecule has 2 aromatic rings. The van der Waals surface area contributed by atoms with Crippen molar-refractivity contribution in [3.63, 3.8) is 0 Å². The summed E-state index contributed by atoms with van der Waals surface area (Å²) in [5.74, 6) is 0.585. The quantitative estimate of drug-likeness (QED) is 0.893. The summed E-state index contributed by atoms with van der Waals surface area (Å²) < 4.78 is 5.17. The number of pyridine rings is 1. The van der Waals surface area contributed by atoms with Crippen LogP contribution in [0.4, 0.5) is 5.69 Å². The van der Waals surface area contributed by atoms with Crippen LogP contribution in [0.1, 0.15) is 40.5 Å². The summed E-state index contributed by atoms with van der Waals surface area (Å²) in [4.78, 5) is 15.6. The molecule has 6 nitrogen and oxygen atoms in total. The van der Waals surface area contributed by atoms with E-state index < -0.39 is 0 Å². The zero-order chi connectivity index (χ0) is 14.7. The van der Waals surface area contributed by atoms with E-state index in [0.29, 0.717) is 5.69 Å². The Morgan fingerprint density at radius 1 is 1.40 bits per heavy atom. The number of aryl methyl sites for hydroxylation is 2. The van der Waals surface area contributed by atoms with Crippen molar-refractivity contribution in [3.8, 4) is 0 Å². The number of nitrogens with zero attached hydrogens (tertiary/aromatic N) is 2. The van der Waals surface area contributed by atoms with Gasteiger partial charge >= 0.3 is 0 Å². The molecule has 0 aromatic carbocycles. The number of carbonyl (C=O) groups excluding carboxylic acids is 1. The predicted molar refractivity (Wildman–Crippen MR) is 75.6 cm³/mol. The highest BCUT2D eigenvalue weighted by Gasteiger charge is 2.16. The van der Waals surface area contributed by atoms with Gasteiger partial charge < -0.3 is 15.2 Å². The molecule has 0 aliphatic carbocycles. The lowest BCUT2D eigenvalue weighted by molar-refractivity contribution is 0.0958. The smallest absolute Gasteiger partial charge is 0.269 e. The number of hydrogen-bond donors (Lipinski definition) is 2. The fraction of sp³-hybridized carbons (Fsp3) is 0.357. The lowest BCUT2D eigenvalue weighted by Crippen LogP contribution is -2.19. The van der Waals surface area contributed by atoms with Crippen molar-refractivity contribution in [1.29, 1.82) is 0 Å². The number of hydrogen-bond acceptors (Lipinski definition) is 5. The van der Waals surface area contributed by atoms with Crippen LogP contribution in [0.2, 0.25) is 0 Å². The van der Waals surface area contributed by atoms with Gasteiger partial charge in [-0.05, 0) is 32.9 Å². The van der Waals surface area contributed by atoms with Crippen LogP contribution in [-0.2, 0) is 0 Å². The van der Waals surface area contributed by atoms with Gasteiger partial charge in [0.15, 0.2) is 0 Å². The lowest BCUT2D eigenvalue weighted by atomic mass is 10.1. The largest absolute Gasteiger partial charge is 0.378 e. The topological polar surface area (TPSA) is 80.0 Å². The number of rotatable bonds is 4. The van der Waals surface area contributed by atoms with Crippen molar-refractivity contribution >= 4 is 11.6 Å². The van der Waals surface area contributed by atoms with E-state index in [9.17, 15) is 4.79 Å². The molecule has 2 heterocycles. The van der Waals surface area contributed by atoms with E-state index in [-0.39, 0.29) is 11.9 Å². The molecule has 1 amide bonds. The summed E-state index contributed by atoms with van der Waals surface area (Å²) in [7, 11) is 1.58. The van der Waals surface area contributed by atoms with Gasteiger partial charge in [0, 0.05) is 24.5 Å². The lowest BCUT2D eigenvalue weighted by Gasteiger charge is -2.15. The Morgan fingerprint density at radius 2 is 2.15 bits per heavy atom. The Bertz CT molecular complexity index is 602. The minimum Gasteiger partial charge on any atom is -0.378 e. The molecule has 20 heavy (non-hydrogen) atoms. The van der Waals surface area contributed by atoms with Gasteiger partial charge in [-0.1, -0.05) is 5.16 Å². The van der Waals surface area contributed by atoms with Gasteiger partial charge in [0.05, 0.1) is 11.7 Å². The Labute approximate surface area is 117 Å². The number of nitrogens with one attached hydrogen (secondary N) is 2. The van der Waals surface area contributed by atoms with Crippen molar-refractivity contribution in [2.24, 2.45) is 0 Å². The van der Waals surface area contributed by atoms with Gasteiger partial charge in [0.1, 0.15) is 11.5 Å². The molecule has 1 unspecified atom stereocenters. The van der Waals surface area contributed by atoms with Gasteiger partial charge in [0.25, 0.3) is 5.91 Å². The minimum atomic E-state index is -0.210. The molecule has 0 aliphatic heterocycles. The van der Waals surface area contributed by atoms with E-state index in [0.717, 1.165) is 22.7 Å². The van der Waals surface area contributed by atoms with Gasteiger partial charge in [-0.25, -0.2) is 0 Å². The maximum atomic E-state index is 11.6. The third-order valence-electron chi connectivity index (χ3n) is 3.12. The zero-order valence-corrected chi connectivity index (χ0v) is 12.0. The normalized spacial score (nSPS) is 12.0. The average Bonchev–Trinajstić information content (AvgIpc) is 2.77. The van der Waals surface area contributed by atoms with Crippen LogP contribution in [0.3, 0.4) is 0 Å². The first kappa shape index (κ1) is 14.0. The molecule has 0 spiro atoms. The molecular formula is C14H18N4O2. The first-order valence-electron chi connectivity index (χ1n) is 6.40. The molecule has 2 rings (SSSR count). The standard InChI is InChI=1S/C14H18N4O2/c1-8(13-9(2)18-20-10(13)3)17-11-5-6-16-12(7-11)14(19)15-4/h5-8H,1-4H3,(H,15,19)(H,16,17). The summed E-state index contributed by atoms with van der Waals surface area (Å²) in [5.41, 5.74) is 3.10. The maximum Gasteiger partial charge on any atom is 0.269 e. The first-order chi connectivity index (χ1) is 9.52. The Morgan fingerprint density at radius 3 is 2.75 bits per heavy atom. The Kier molecular flexibility index (Phi) is 4.02. The van der Waals surface area contributed by atoms with Gasteiger partial charge in [0.2, 0.25) is 0 Å². The highest BCUT2D eigenvalue weighted by Crippen LogP contribution is 2.24. The second-order valence-electron chi connectivity index (χ2n) is 4.61. The van der Waals surface area contributed by atoms with Crippen LogP contribution in [0.15, 0.2) is 22.9 Å². The van der Waals surface area contributed by atoms with Crippen molar-refractivity contribution in [2.75, 3.05) is 12.4 Å². The number of aromatic nitrogens is 2. The van der Waals surface area contributed by atoms with Crippen molar-refractivity contribution in [3.05, 3.63) is 41.0 Å². The number of amides is 1. The SMILES string of the molecule is CNC(=O)c1cc(NC(C)c2c(C)noc2C)ccn1. The Hall–Kier alpha value is -2.37. The molecule has 0 bridgehead atoms. The number of carbonyl (C=O) groups is 1. The van der Waals surface area contributed by atoms with E-state index in [2.05, 4.69) is 20.8 Å². The fourth-order valence-corrected chi connectivity index (χ4v) is 2.20. The summed E-state index contributed by atoms with van der Waals surface area (Å²) >= 11 is 0. The van der Waals surface area contributed by atoms with E-state index in [1.54, 1.807) is 19.3 Å². The molecule has 2 aromatic heterocycles. The summed E-state index contributed by atoms with van der Waals surface area (Å²) in [6.07, 6.45) is 1.60. The molecule has 0 saturated heterocycles. The van der Waals surface area contributed by atoms with E-state index in [4.69, 9.17) is 4.52 Å². The molecule has 0 radical (unpaired) electrons. The highest BCUT2D eigenvalue weighted by atomic mass is 16.5. The number of anilines is 1. The van der Waals surface area contributed by atoms with E-state index >= 15 is 0 Å². The van der Waals surface area contributed by atoms with E-state index in [1.807, 2.05) is 26.8 Å². The third-order valence-corrected chi connectivity index (χ3v) is 3.12. The minimum absolute atomic E-state index is 0.0289. The van der Waals surface area contributed by atoms with Crippen LogP contribution < -0.4 is 10.6 Å². The molecule has 2 N–H and O–H groups in total. The molecule has 1 atom stereocenters. The molecule has 0 saturated carbocycles. The molecule has 6 heteroatoms. The molecule has 106 valence electrons. The monoisotopic (exact) mass is 274 g/mol. The van der Waals surface area contributed by atoms with Gasteiger partial charge in [-0.2, -0.15) is 0 Å². The maximum absolute atomic E-state index is 11.6. The molecule has 0 aliphatic rings. The van der Waals surface area contributed by atoms with Crippen LogP contribution in [0, 0.1) is 13.8 Å². The third kappa shape index (κ3) is 2.79. The van der Waals surface area contributed by atoms with Crippen molar-refractivity contribution in [2.45, 2.75) is 26.8 Å². The predicted octanol–water partition coefficient (Wildman–Crippen LogP) is 2.22. The van der Waals surface area contributed by atoms with Crippen LogP contribution in [0.25, 0.3) is 0 Å². The Balaban J connectivity index is 2.20. The first-order valence-corrected chi connectivity index (χ1v) is 6.40. The highest BCUT2D eigenvalue weighted by molar-refractivity contribution is 5.92. The summed E-state index contributed by atoms with van der Waals surface area (Å²) in [5, 5.41) is 9.83. The van der Waals surface area contributed by atoms with Gasteiger partial charge in [-0.3, -0.25) is 9.78 Å². The molecular weight excluding hydrogens is 256 g/mol. The fourth-order valence-electron chi connectivity index (χ4n) is 2.20. The van der Waals surface area contributed by atoms with Gasteiger partial charge in [-0.15, -0.1) is 0 Å².